The zero-order chi connectivity index (χ0) is 21.8. The van der Waals surface area contributed by atoms with Gasteiger partial charge in [-0.15, -0.1) is 0 Å². The highest BCUT2D eigenvalue weighted by atomic mass is 19.1. The number of pyridine rings is 1. The van der Waals surface area contributed by atoms with Crippen molar-refractivity contribution in [1.29, 1.82) is 0 Å². The molecule has 0 aliphatic heterocycles. The number of halogens is 1. The molecule has 7 heteroatoms. The van der Waals surface area contributed by atoms with Crippen LogP contribution in [0, 0.1) is 12.7 Å². The third-order valence-electron chi connectivity index (χ3n) is 4.73. The zero-order valence-corrected chi connectivity index (χ0v) is 17.0. The van der Waals surface area contributed by atoms with Crippen molar-refractivity contribution in [2.75, 3.05) is 27.4 Å². The van der Waals surface area contributed by atoms with E-state index in [0.29, 0.717) is 22.7 Å². The summed E-state index contributed by atoms with van der Waals surface area (Å²) in [7, 11) is 0. The number of para-hydroxylation sites is 2. The van der Waals surface area contributed by atoms with Crippen LogP contribution in [0.3, 0.4) is 0 Å². The van der Waals surface area contributed by atoms with Crippen molar-refractivity contribution >= 4 is 45.5 Å². The highest BCUT2D eigenvalue weighted by Crippen LogP contribution is 2.35. The normalized spacial score (nSPS) is 10.5. The van der Waals surface area contributed by atoms with Crippen LogP contribution in [0.2, 0.25) is 0 Å². The van der Waals surface area contributed by atoms with Gasteiger partial charge in [0.25, 0.3) is 0 Å². The summed E-state index contributed by atoms with van der Waals surface area (Å²) in [4.78, 5) is 4.29. The molecule has 4 aromatic rings. The average molecular weight is 414 g/mol. The van der Waals surface area contributed by atoms with Crippen LogP contribution < -0.4 is 27.4 Å². The van der Waals surface area contributed by atoms with Crippen LogP contribution in [-0.4, -0.2) is 4.98 Å². The number of nitrogens with zero attached hydrogens (tertiary/aromatic N) is 1. The lowest BCUT2D eigenvalue weighted by Gasteiger charge is -2.18. The third-order valence-corrected chi connectivity index (χ3v) is 4.73. The number of aryl methyl sites for hydroxylation is 1. The van der Waals surface area contributed by atoms with Gasteiger partial charge in [-0.2, -0.15) is 0 Å². The second kappa shape index (κ2) is 8.62. The third kappa shape index (κ3) is 4.84. The smallest absolute Gasteiger partial charge is 0.123 e. The topological polar surface area (TPSA) is 101 Å². The molecule has 7 N–H and O–H groups in total. The molecular weight excluding hydrogens is 391 g/mol. The predicted molar refractivity (Wildman–Crippen MR) is 127 cm³/mol. The molecule has 4 rings (SSSR count). The Labute approximate surface area is 180 Å². The molecule has 1 heterocycles. The van der Waals surface area contributed by atoms with E-state index in [9.17, 15) is 4.39 Å². The van der Waals surface area contributed by atoms with Crippen molar-refractivity contribution in [2.45, 2.75) is 6.92 Å². The van der Waals surface area contributed by atoms with Gasteiger partial charge in [0.15, 0.2) is 0 Å². The SMILES string of the molecule is Cc1ccc(Nc2cc(Nc3ccccc3Nc3ccc(F)cc3)c(N)cc2N)cn1. The molecule has 0 aliphatic carbocycles. The maximum absolute atomic E-state index is 13.2. The number of benzene rings is 3. The number of aromatic nitrogens is 1. The molecule has 0 saturated carbocycles. The largest absolute Gasteiger partial charge is 0.397 e. The molecule has 0 unspecified atom stereocenters. The zero-order valence-electron chi connectivity index (χ0n) is 17.0. The summed E-state index contributed by atoms with van der Waals surface area (Å²) in [5.74, 6) is -0.282. The minimum atomic E-state index is -0.282. The van der Waals surface area contributed by atoms with E-state index < -0.39 is 0 Å². The molecule has 0 saturated heterocycles. The van der Waals surface area contributed by atoms with E-state index in [1.54, 1.807) is 24.4 Å². The average Bonchev–Trinajstić information content (AvgIpc) is 2.76. The van der Waals surface area contributed by atoms with E-state index in [0.717, 1.165) is 28.4 Å². The van der Waals surface area contributed by atoms with E-state index in [-0.39, 0.29) is 5.82 Å². The summed E-state index contributed by atoms with van der Waals surface area (Å²) >= 11 is 0. The maximum Gasteiger partial charge on any atom is 0.123 e. The summed E-state index contributed by atoms with van der Waals surface area (Å²) in [6.45, 7) is 1.93. The van der Waals surface area contributed by atoms with Crippen molar-refractivity contribution in [3.8, 4) is 0 Å². The Morgan fingerprint density at radius 3 is 1.90 bits per heavy atom. The Kier molecular flexibility index (Phi) is 5.57. The number of anilines is 8. The summed E-state index contributed by atoms with van der Waals surface area (Å²) in [6, 6.07) is 21.3. The summed E-state index contributed by atoms with van der Waals surface area (Å²) < 4.78 is 13.2. The minimum absolute atomic E-state index is 0.282. The van der Waals surface area contributed by atoms with Crippen molar-refractivity contribution < 1.29 is 4.39 Å². The van der Waals surface area contributed by atoms with Gasteiger partial charge in [-0.05, 0) is 67.6 Å². The van der Waals surface area contributed by atoms with Gasteiger partial charge < -0.3 is 27.4 Å². The highest BCUT2D eigenvalue weighted by Gasteiger charge is 2.10. The molecule has 0 aliphatic rings. The van der Waals surface area contributed by atoms with Gasteiger partial charge in [0.1, 0.15) is 5.82 Å². The number of rotatable bonds is 6. The Balaban J connectivity index is 1.60. The fourth-order valence-electron chi connectivity index (χ4n) is 3.08. The van der Waals surface area contributed by atoms with Gasteiger partial charge in [-0.3, -0.25) is 4.98 Å². The number of nitrogen functional groups attached to an aromatic ring is 2. The lowest BCUT2D eigenvalue weighted by molar-refractivity contribution is 0.628. The molecule has 6 nitrogen and oxygen atoms in total. The Morgan fingerprint density at radius 2 is 1.26 bits per heavy atom. The fourth-order valence-corrected chi connectivity index (χ4v) is 3.08. The molecule has 31 heavy (non-hydrogen) atoms. The minimum Gasteiger partial charge on any atom is -0.397 e. The van der Waals surface area contributed by atoms with E-state index in [1.165, 1.54) is 12.1 Å². The second-order valence-electron chi connectivity index (χ2n) is 7.14. The van der Waals surface area contributed by atoms with Gasteiger partial charge in [-0.1, -0.05) is 12.1 Å². The van der Waals surface area contributed by atoms with Gasteiger partial charge in [0.2, 0.25) is 0 Å². The van der Waals surface area contributed by atoms with Gasteiger partial charge in [0, 0.05) is 11.4 Å². The molecule has 0 fully saturated rings. The summed E-state index contributed by atoms with van der Waals surface area (Å²) in [5, 5.41) is 9.93. The first kappa shape index (κ1) is 20.0. The molecule has 0 amide bonds. The van der Waals surface area contributed by atoms with Gasteiger partial charge >= 0.3 is 0 Å². The van der Waals surface area contributed by atoms with E-state index in [2.05, 4.69) is 20.9 Å². The van der Waals surface area contributed by atoms with Crippen LogP contribution in [0.5, 0.6) is 0 Å². The number of hydrogen-bond donors (Lipinski definition) is 5. The number of hydrogen-bond acceptors (Lipinski definition) is 6. The highest BCUT2D eigenvalue weighted by molar-refractivity contribution is 5.88. The molecule has 0 spiro atoms. The Bertz CT molecular complexity index is 1190. The van der Waals surface area contributed by atoms with Crippen LogP contribution in [0.1, 0.15) is 5.69 Å². The van der Waals surface area contributed by atoms with E-state index in [4.69, 9.17) is 11.5 Å². The number of nitrogens with one attached hydrogen (secondary N) is 3. The van der Waals surface area contributed by atoms with Crippen molar-refractivity contribution in [1.82, 2.24) is 4.98 Å². The summed E-state index contributed by atoms with van der Waals surface area (Å²) in [6.07, 6.45) is 1.75. The Morgan fingerprint density at radius 1 is 0.677 bits per heavy atom. The number of nitrogens with two attached hydrogens (primary N) is 2. The monoisotopic (exact) mass is 414 g/mol. The van der Waals surface area contributed by atoms with Crippen LogP contribution in [0.25, 0.3) is 0 Å². The van der Waals surface area contributed by atoms with E-state index >= 15 is 0 Å². The molecule has 3 aromatic carbocycles. The first-order valence-electron chi connectivity index (χ1n) is 9.75. The van der Waals surface area contributed by atoms with E-state index in [1.807, 2.05) is 49.4 Å². The maximum atomic E-state index is 13.2. The molecule has 0 atom stereocenters. The first-order valence-corrected chi connectivity index (χ1v) is 9.75. The molecule has 0 bridgehead atoms. The summed E-state index contributed by atoms with van der Waals surface area (Å²) in [5.41, 5.74) is 19.0. The van der Waals surface area contributed by atoms with Crippen LogP contribution in [0.15, 0.2) is 79.0 Å². The predicted octanol–water partition coefficient (Wildman–Crippen LogP) is 5.92. The molecule has 156 valence electrons. The van der Waals surface area contributed by atoms with Gasteiger partial charge in [0.05, 0.1) is 46.0 Å². The van der Waals surface area contributed by atoms with Crippen molar-refractivity contribution in [3.05, 3.63) is 90.5 Å². The van der Waals surface area contributed by atoms with Crippen molar-refractivity contribution in [3.63, 3.8) is 0 Å². The van der Waals surface area contributed by atoms with Crippen LogP contribution >= 0.6 is 0 Å². The molecule has 0 radical (unpaired) electrons. The van der Waals surface area contributed by atoms with Crippen LogP contribution in [-0.2, 0) is 0 Å². The lowest BCUT2D eigenvalue weighted by Crippen LogP contribution is -2.03. The van der Waals surface area contributed by atoms with Crippen LogP contribution in [0.4, 0.5) is 49.9 Å². The quantitative estimate of drug-likeness (QED) is 0.251. The Hall–Kier alpha value is -4.26. The first-order chi connectivity index (χ1) is 15.0. The fraction of sp³-hybridized carbons (Fsp3) is 0.0417. The van der Waals surface area contributed by atoms with Gasteiger partial charge in [-0.25, -0.2) is 4.39 Å². The molecular formula is C24H23FN6. The second-order valence-corrected chi connectivity index (χ2v) is 7.14. The molecule has 1 aromatic heterocycles. The standard InChI is InChI=1S/C24H23FN6/c1-15-6-9-18(14-28-15)30-23-13-24(20(27)12-19(23)26)31-22-5-3-2-4-21(22)29-17-10-7-16(25)8-11-17/h2-14,29-31H,26-27H2,1H3. The van der Waals surface area contributed by atoms with Crippen molar-refractivity contribution in [2.24, 2.45) is 0 Å². The lowest BCUT2D eigenvalue weighted by atomic mass is 10.1.